The molecule has 1 N–H and O–H groups in total. The second-order valence-electron chi connectivity index (χ2n) is 4.28. The zero-order valence-electron chi connectivity index (χ0n) is 8.76. The third kappa shape index (κ3) is 2.43. The lowest BCUT2D eigenvalue weighted by Crippen LogP contribution is -2.21. The summed E-state index contributed by atoms with van der Waals surface area (Å²) in [4.78, 5) is 0. The fourth-order valence-electron chi connectivity index (χ4n) is 2.17. The molecule has 15 heavy (non-hydrogen) atoms. The molecule has 2 rings (SSSR count). The summed E-state index contributed by atoms with van der Waals surface area (Å²) in [6.45, 7) is 2.24. The molecule has 0 amide bonds. The highest BCUT2D eigenvalue weighted by molar-refractivity contribution is 6.33. The number of hydrogen-bond acceptors (Lipinski definition) is 1. The molecule has 2 unspecified atom stereocenters. The first-order valence-corrected chi connectivity index (χ1v) is 5.76. The molecular formula is C12H15ClFN. The minimum absolute atomic E-state index is 0.287. The quantitative estimate of drug-likeness (QED) is 0.803. The monoisotopic (exact) mass is 227 g/mol. The summed E-state index contributed by atoms with van der Waals surface area (Å²) in [5.74, 6) is 0.385. The Morgan fingerprint density at radius 1 is 1.40 bits per heavy atom. The predicted molar refractivity (Wildman–Crippen MR) is 61.8 cm³/mol. The van der Waals surface area contributed by atoms with Crippen molar-refractivity contribution in [1.82, 2.24) is 0 Å². The minimum Gasteiger partial charge on any atom is -0.381 e. The molecular weight excluding hydrogens is 213 g/mol. The van der Waals surface area contributed by atoms with Gasteiger partial charge in [-0.25, -0.2) is 4.39 Å². The van der Waals surface area contributed by atoms with Gasteiger partial charge in [0.15, 0.2) is 0 Å². The highest BCUT2D eigenvalue weighted by Gasteiger charge is 2.23. The van der Waals surface area contributed by atoms with Crippen LogP contribution in [0, 0.1) is 11.7 Å². The molecule has 0 heterocycles. The molecule has 1 aliphatic rings. The first kappa shape index (κ1) is 10.7. The maximum atomic E-state index is 12.8. The standard InChI is InChI=1S/C12H15ClFN/c1-8-3-2-4-11(8)15-12-6-5-9(14)7-10(12)13/h5-8,11,15H,2-4H2,1H3. The fourth-order valence-corrected chi connectivity index (χ4v) is 2.39. The Morgan fingerprint density at radius 3 is 2.80 bits per heavy atom. The van der Waals surface area contributed by atoms with Crippen LogP contribution in [-0.4, -0.2) is 6.04 Å². The van der Waals surface area contributed by atoms with Gasteiger partial charge in [-0.15, -0.1) is 0 Å². The lowest BCUT2D eigenvalue weighted by Gasteiger charge is -2.19. The molecule has 0 spiro atoms. The van der Waals surface area contributed by atoms with Crippen LogP contribution in [0.3, 0.4) is 0 Å². The van der Waals surface area contributed by atoms with Crippen molar-refractivity contribution >= 4 is 17.3 Å². The van der Waals surface area contributed by atoms with Gasteiger partial charge in [-0.05, 0) is 37.0 Å². The van der Waals surface area contributed by atoms with Crippen molar-refractivity contribution in [3.63, 3.8) is 0 Å². The topological polar surface area (TPSA) is 12.0 Å². The van der Waals surface area contributed by atoms with Gasteiger partial charge >= 0.3 is 0 Å². The van der Waals surface area contributed by atoms with E-state index < -0.39 is 0 Å². The van der Waals surface area contributed by atoms with E-state index in [4.69, 9.17) is 11.6 Å². The van der Waals surface area contributed by atoms with Crippen LogP contribution in [-0.2, 0) is 0 Å². The van der Waals surface area contributed by atoms with Gasteiger partial charge in [0.25, 0.3) is 0 Å². The Hall–Kier alpha value is -0.760. The SMILES string of the molecule is CC1CCCC1Nc1ccc(F)cc1Cl. The summed E-state index contributed by atoms with van der Waals surface area (Å²) < 4.78 is 12.8. The Kier molecular flexibility index (Phi) is 3.15. The summed E-state index contributed by atoms with van der Waals surface area (Å²) >= 11 is 5.95. The molecule has 0 aliphatic heterocycles. The summed E-state index contributed by atoms with van der Waals surface area (Å²) in [5, 5.41) is 3.85. The van der Waals surface area contributed by atoms with Gasteiger partial charge in [0.1, 0.15) is 5.82 Å². The average Bonchev–Trinajstić information content (AvgIpc) is 2.57. The molecule has 1 saturated carbocycles. The van der Waals surface area contributed by atoms with Crippen LogP contribution in [0.2, 0.25) is 5.02 Å². The molecule has 0 bridgehead atoms. The van der Waals surface area contributed by atoms with Crippen LogP contribution in [0.25, 0.3) is 0 Å². The van der Waals surface area contributed by atoms with Gasteiger partial charge in [0.2, 0.25) is 0 Å². The zero-order valence-corrected chi connectivity index (χ0v) is 9.52. The first-order valence-electron chi connectivity index (χ1n) is 5.38. The Morgan fingerprint density at radius 2 is 2.20 bits per heavy atom. The number of rotatable bonds is 2. The van der Waals surface area contributed by atoms with Gasteiger partial charge in [-0.3, -0.25) is 0 Å². The fraction of sp³-hybridized carbons (Fsp3) is 0.500. The van der Waals surface area contributed by atoms with Crippen molar-refractivity contribution in [3.05, 3.63) is 29.0 Å². The van der Waals surface area contributed by atoms with Crippen molar-refractivity contribution in [1.29, 1.82) is 0 Å². The Balaban J connectivity index is 2.10. The van der Waals surface area contributed by atoms with Crippen LogP contribution in [0.15, 0.2) is 18.2 Å². The van der Waals surface area contributed by atoms with E-state index in [-0.39, 0.29) is 5.82 Å². The van der Waals surface area contributed by atoms with Gasteiger partial charge in [0, 0.05) is 6.04 Å². The van der Waals surface area contributed by atoms with Crippen molar-refractivity contribution in [2.45, 2.75) is 32.2 Å². The van der Waals surface area contributed by atoms with Crippen molar-refractivity contribution in [2.24, 2.45) is 5.92 Å². The molecule has 1 aromatic carbocycles. The lowest BCUT2D eigenvalue weighted by molar-refractivity contribution is 0.556. The normalized spacial score (nSPS) is 25.5. The molecule has 1 nitrogen and oxygen atoms in total. The van der Waals surface area contributed by atoms with E-state index in [0.717, 1.165) is 5.69 Å². The van der Waals surface area contributed by atoms with E-state index in [2.05, 4.69) is 12.2 Å². The molecule has 1 aromatic rings. The number of anilines is 1. The summed E-state index contributed by atoms with van der Waals surface area (Å²) in [6, 6.07) is 4.98. The maximum Gasteiger partial charge on any atom is 0.124 e. The smallest absolute Gasteiger partial charge is 0.124 e. The molecule has 1 fully saturated rings. The number of benzene rings is 1. The first-order chi connectivity index (χ1) is 7.16. The summed E-state index contributed by atoms with van der Waals surface area (Å²) in [5.41, 5.74) is 0.844. The zero-order chi connectivity index (χ0) is 10.8. The van der Waals surface area contributed by atoms with Crippen LogP contribution >= 0.6 is 11.6 Å². The van der Waals surface area contributed by atoms with Crippen LogP contribution in [0.4, 0.5) is 10.1 Å². The average molecular weight is 228 g/mol. The number of halogens is 2. The van der Waals surface area contributed by atoms with E-state index in [1.54, 1.807) is 6.07 Å². The molecule has 0 saturated heterocycles. The summed E-state index contributed by atoms with van der Waals surface area (Å²) in [7, 11) is 0. The van der Waals surface area contributed by atoms with Crippen LogP contribution < -0.4 is 5.32 Å². The van der Waals surface area contributed by atoms with Gasteiger partial charge in [-0.2, -0.15) is 0 Å². The largest absolute Gasteiger partial charge is 0.381 e. The van der Waals surface area contributed by atoms with Gasteiger partial charge < -0.3 is 5.32 Å². The second kappa shape index (κ2) is 4.40. The van der Waals surface area contributed by atoms with Crippen molar-refractivity contribution in [3.8, 4) is 0 Å². The minimum atomic E-state index is -0.287. The maximum absolute atomic E-state index is 12.8. The molecule has 0 aromatic heterocycles. The third-order valence-electron chi connectivity index (χ3n) is 3.13. The molecule has 3 heteroatoms. The molecule has 0 radical (unpaired) electrons. The summed E-state index contributed by atoms with van der Waals surface area (Å²) in [6.07, 6.45) is 3.70. The van der Waals surface area contributed by atoms with E-state index in [1.165, 1.54) is 31.4 Å². The Bertz CT molecular complexity index is 353. The highest BCUT2D eigenvalue weighted by Crippen LogP contribution is 2.30. The number of hydrogen-bond donors (Lipinski definition) is 1. The van der Waals surface area contributed by atoms with Crippen LogP contribution in [0.1, 0.15) is 26.2 Å². The van der Waals surface area contributed by atoms with Crippen LogP contribution in [0.5, 0.6) is 0 Å². The predicted octanol–water partition coefficient (Wildman–Crippen LogP) is 4.08. The molecule has 1 aliphatic carbocycles. The number of nitrogens with one attached hydrogen (secondary N) is 1. The van der Waals surface area contributed by atoms with E-state index >= 15 is 0 Å². The van der Waals surface area contributed by atoms with E-state index in [0.29, 0.717) is 17.0 Å². The highest BCUT2D eigenvalue weighted by atomic mass is 35.5. The second-order valence-corrected chi connectivity index (χ2v) is 4.69. The Labute approximate surface area is 94.6 Å². The lowest BCUT2D eigenvalue weighted by atomic mass is 10.1. The molecule has 2 atom stereocenters. The van der Waals surface area contributed by atoms with Crippen molar-refractivity contribution in [2.75, 3.05) is 5.32 Å². The van der Waals surface area contributed by atoms with E-state index in [1.807, 2.05) is 0 Å². The van der Waals surface area contributed by atoms with E-state index in [9.17, 15) is 4.39 Å². The molecule has 82 valence electrons. The van der Waals surface area contributed by atoms with Crippen molar-refractivity contribution < 1.29 is 4.39 Å². The third-order valence-corrected chi connectivity index (χ3v) is 3.45. The van der Waals surface area contributed by atoms with Gasteiger partial charge in [-0.1, -0.05) is 24.9 Å². The van der Waals surface area contributed by atoms with Gasteiger partial charge in [0.05, 0.1) is 10.7 Å².